The summed E-state index contributed by atoms with van der Waals surface area (Å²) in [6.07, 6.45) is 7.53. The highest BCUT2D eigenvalue weighted by Gasteiger charge is 2.38. The van der Waals surface area contributed by atoms with Crippen molar-refractivity contribution in [1.29, 1.82) is 0 Å². The summed E-state index contributed by atoms with van der Waals surface area (Å²) in [5.74, 6) is 1.08. The van der Waals surface area contributed by atoms with E-state index >= 15 is 0 Å². The highest BCUT2D eigenvalue weighted by Crippen LogP contribution is 2.31. The van der Waals surface area contributed by atoms with Gasteiger partial charge in [-0.3, -0.25) is 14.0 Å². The van der Waals surface area contributed by atoms with Crippen molar-refractivity contribution in [1.82, 2.24) is 19.2 Å². The quantitative estimate of drug-likeness (QED) is 0.816. The summed E-state index contributed by atoms with van der Waals surface area (Å²) in [4.78, 5) is 35.0. The Morgan fingerprint density at radius 3 is 2.93 bits per heavy atom. The minimum atomic E-state index is -0.271. The van der Waals surface area contributed by atoms with Crippen LogP contribution in [0, 0.1) is 11.8 Å². The third-order valence-corrected chi connectivity index (χ3v) is 6.28. The topological polar surface area (TPSA) is 57.9 Å². The number of carbonyl (C=O) groups excluding carboxylic acids is 1. The van der Waals surface area contributed by atoms with Crippen LogP contribution in [0.25, 0.3) is 5.65 Å². The maximum atomic E-state index is 13.3. The minimum absolute atomic E-state index is 0.152. The van der Waals surface area contributed by atoms with E-state index < -0.39 is 0 Å². The van der Waals surface area contributed by atoms with Crippen molar-refractivity contribution < 1.29 is 4.79 Å². The molecule has 0 saturated carbocycles. The third-order valence-electron chi connectivity index (χ3n) is 6.28. The normalized spacial score (nSPS) is 23.2. The van der Waals surface area contributed by atoms with Gasteiger partial charge in [-0.1, -0.05) is 19.9 Å². The Morgan fingerprint density at radius 2 is 2.11 bits per heavy atom. The van der Waals surface area contributed by atoms with E-state index in [-0.39, 0.29) is 23.1 Å². The van der Waals surface area contributed by atoms with Crippen LogP contribution in [0.5, 0.6) is 0 Å². The summed E-state index contributed by atoms with van der Waals surface area (Å²) in [6, 6.07) is 5.64. The summed E-state index contributed by atoms with van der Waals surface area (Å²) in [7, 11) is 0. The van der Waals surface area contributed by atoms with Crippen molar-refractivity contribution in [3.05, 3.63) is 46.5 Å². The number of hydrogen-bond acceptors (Lipinski definition) is 4. The van der Waals surface area contributed by atoms with Gasteiger partial charge < -0.3 is 9.80 Å². The maximum Gasteiger partial charge on any atom is 0.270 e. The zero-order valence-corrected chi connectivity index (χ0v) is 16.9. The van der Waals surface area contributed by atoms with E-state index in [2.05, 4.69) is 23.7 Å². The second kappa shape index (κ2) is 8.03. The van der Waals surface area contributed by atoms with Gasteiger partial charge in [0.2, 0.25) is 0 Å². The maximum absolute atomic E-state index is 13.3. The smallest absolute Gasteiger partial charge is 0.270 e. The summed E-state index contributed by atoms with van der Waals surface area (Å²) in [5, 5.41) is 0. The summed E-state index contributed by atoms with van der Waals surface area (Å²) in [6.45, 7) is 8.52. The first-order valence-corrected chi connectivity index (χ1v) is 10.5. The molecule has 2 fully saturated rings. The average molecular weight is 383 g/mol. The molecule has 1 amide bonds. The number of hydrogen-bond donors (Lipinski definition) is 0. The molecule has 0 spiro atoms. The van der Waals surface area contributed by atoms with E-state index in [1.165, 1.54) is 23.4 Å². The number of pyridine rings is 1. The predicted octanol–water partition coefficient (Wildman–Crippen LogP) is 2.67. The molecule has 28 heavy (non-hydrogen) atoms. The first-order chi connectivity index (χ1) is 13.5. The summed E-state index contributed by atoms with van der Waals surface area (Å²) in [5.41, 5.74) is 0.484. The van der Waals surface area contributed by atoms with Gasteiger partial charge in [0.1, 0.15) is 11.2 Å². The number of fused-ring (bicyclic) bond motifs is 2. The molecule has 0 unspecified atom stereocenters. The van der Waals surface area contributed by atoms with E-state index in [9.17, 15) is 9.59 Å². The number of piperidine rings is 2. The molecule has 0 N–H and O–H groups in total. The molecule has 2 aliphatic heterocycles. The molecule has 2 atom stereocenters. The number of carbonyl (C=O) groups is 1. The van der Waals surface area contributed by atoms with Gasteiger partial charge in [0.05, 0.1) is 0 Å². The van der Waals surface area contributed by atoms with Crippen molar-refractivity contribution in [3.8, 4) is 0 Å². The van der Waals surface area contributed by atoms with Gasteiger partial charge in [-0.2, -0.15) is 0 Å². The second-order valence-electron chi connectivity index (χ2n) is 8.65. The van der Waals surface area contributed by atoms with Crippen LogP contribution in [-0.2, 0) is 0 Å². The molecule has 0 aliphatic carbocycles. The van der Waals surface area contributed by atoms with E-state index in [1.54, 1.807) is 18.3 Å². The van der Waals surface area contributed by atoms with Crippen LogP contribution >= 0.6 is 0 Å². The van der Waals surface area contributed by atoms with Gasteiger partial charge in [-0.05, 0) is 56.2 Å². The van der Waals surface area contributed by atoms with Crippen molar-refractivity contribution in [2.45, 2.75) is 45.6 Å². The Morgan fingerprint density at radius 1 is 1.25 bits per heavy atom. The lowest BCUT2D eigenvalue weighted by molar-refractivity contribution is 0.0192. The molecule has 6 heteroatoms. The number of nitrogens with zero attached hydrogens (tertiary/aromatic N) is 4. The summed E-state index contributed by atoms with van der Waals surface area (Å²) < 4.78 is 1.46. The number of amides is 1. The van der Waals surface area contributed by atoms with E-state index in [0.29, 0.717) is 11.6 Å². The van der Waals surface area contributed by atoms with E-state index in [1.807, 2.05) is 11.0 Å². The molecule has 6 nitrogen and oxygen atoms in total. The lowest BCUT2D eigenvalue weighted by atomic mass is 9.83. The predicted molar refractivity (Wildman–Crippen MR) is 110 cm³/mol. The molecule has 0 aromatic carbocycles. The highest BCUT2D eigenvalue weighted by molar-refractivity contribution is 5.94. The Kier molecular flexibility index (Phi) is 5.49. The van der Waals surface area contributed by atoms with Crippen LogP contribution in [0.4, 0.5) is 0 Å². The van der Waals surface area contributed by atoms with Crippen LogP contribution in [0.3, 0.4) is 0 Å². The molecule has 2 saturated heterocycles. The standard InChI is InChI=1S/C22H30N4O2/c1-16(2)8-12-24-13-9-19-17(15-24)6-5-11-25(19)21(27)18-14-23-20-7-3-4-10-26(20)22(18)28/h3-4,7,10,14,16-17,19H,5-6,8-9,11-13,15H2,1-2H3/t17-,19-/m1/s1. The lowest BCUT2D eigenvalue weighted by Gasteiger charge is -2.47. The van der Waals surface area contributed by atoms with E-state index in [0.717, 1.165) is 44.9 Å². The van der Waals surface area contributed by atoms with Gasteiger partial charge in [0.25, 0.3) is 11.5 Å². The average Bonchev–Trinajstić information content (AvgIpc) is 2.71. The van der Waals surface area contributed by atoms with Crippen molar-refractivity contribution >= 4 is 11.6 Å². The molecule has 4 heterocycles. The van der Waals surface area contributed by atoms with Crippen molar-refractivity contribution in [2.75, 3.05) is 26.2 Å². The second-order valence-corrected chi connectivity index (χ2v) is 8.65. The molecule has 0 bridgehead atoms. The van der Waals surface area contributed by atoms with Crippen LogP contribution < -0.4 is 5.56 Å². The molecular weight excluding hydrogens is 352 g/mol. The van der Waals surface area contributed by atoms with Crippen LogP contribution in [0.15, 0.2) is 35.4 Å². The Hall–Kier alpha value is -2.21. The van der Waals surface area contributed by atoms with E-state index in [4.69, 9.17) is 0 Å². The zero-order chi connectivity index (χ0) is 19.7. The van der Waals surface area contributed by atoms with Gasteiger partial charge in [-0.25, -0.2) is 4.98 Å². The molecule has 2 aromatic heterocycles. The first kappa shape index (κ1) is 19.1. The molecule has 2 aliphatic rings. The van der Waals surface area contributed by atoms with Gasteiger partial charge in [-0.15, -0.1) is 0 Å². The molecule has 4 rings (SSSR count). The fourth-order valence-corrected chi connectivity index (χ4v) is 4.70. The SMILES string of the molecule is CC(C)CCN1CC[C@@H]2[C@H](CCCN2C(=O)c2cnc3ccccn3c2=O)C1. The zero-order valence-electron chi connectivity index (χ0n) is 16.9. The van der Waals surface area contributed by atoms with Gasteiger partial charge >= 0.3 is 0 Å². The molecule has 2 aromatic rings. The van der Waals surface area contributed by atoms with Crippen LogP contribution in [0.2, 0.25) is 0 Å². The Balaban J connectivity index is 1.52. The van der Waals surface area contributed by atoms with Crippen molar-refractivity contribution in [3.63, 3.8) is 0 Å². The fraction of sp³-hybridized carbons (Fsp3) is 0.591. The molecule has 0 radical (unpaired) electrons. The summed E-state index contributed by atoms with van der Waals surface area (Å²) >= 11 is 0. The number of rotatable bonds is 4. The first-order valence-electron chi connectivity index (χ1n) is 10.5. The van der Waals surface area contributed by atoms with Crippen molar-refractivity contribution in [2.24, 2.45) is 11.8 Å². The minimum Gasteiger partial charge on any atom is -0.335 e. The number of likely N-dealkylation sites (tertiary alicyclic amines) is 2. The molecular formula is C22H30N4O2. The number of aromatic nitrogens is 2. The Labute approximate surface area is 166 Å². The van der Waals surface area contributed by atoms with Gasteiger partial charge in [0, 0.05) is 38.1 Å². The highest BCUT2D eigenvalue weighted by atomic mass is 16.2. The lowest BCUT2D eigenvalue weighted by Crippen LogP contribution is -2.56. The van der Waals surface area contributed by atoms with Crippen LogP contribution in [-0.4, -0.2) is 57.3 Å². The van der Waals surface area contributed by atoms with Gasteiger partial charge in [0.15, 0.2) is 0 Å². The largest absolute Gasteiger partial charge is 0.335 e. The fourth-order valence-electron chi connectivity index (χ4n) is 4.70. The molecule has 150 valence electrons. The van der Waals surface area contributed by atoms with Crippen LogP contribution in [0.1, 0.15) is 49.9 Å². The third kappa shape index (κ3) is 3.70. The Bertz CT molecular complexity index is 907. The monoisotopic (exact) mass is 382 g/mol.